The highest BCUT2D eigenvalue weighted by Gasteiger charge is 2.42. The Morgan fingerprint density at radius 3 is 2.42 bits per heavy atom. The van der Waals surface area contributed by atoms with Crippen LogP contribution < -0.4 is 11.1 Å². The molecular weight excluding hydrogens is 236 g/mol. The minimum atomic E-state index is 0.275. The van der Waals surface area contributed by atoms with Crippen LogP contribution in [0.1, 0.15) is 53.4 Å². The summed E-state index contributed by atoms with van der Waals surface area (Å²) in [5.41, 5.74) is 6.86. The molecule has 3 unspecified atom stereocenters. The fourth-order valence-corrected chi connectivity index (χ4v) is 3.67. The molecule has 3 N–H and O–H groups in total. The lowest BCUT2D eigenvalue weighted by Crippen LogP contribution is -2.54. The summed E-state index contributed by atoms with van der Waals surface area (Å²) in [4.78, 5) is 0. The van der Waals surface area contributed by atoms with Crippen LogP contribution in [0.5, 0.6) is 0 Å². The van der Waals surface area contributed by atoms with Crippen molar-refractivity contribution in [1.29, 1.82) is 0 Å². The molecule has 1 aliphatic heterocycles. The van der Waals surface area contributed by atoms with Crippen LogP contribution in [-0.4, -0.2) is 31.3 Å². The topological polar surface area (TPSA) is 47.3 Å². The van der Waals surface area contributed by atoms with Gasteiger partial charge in [-0.25, -0.2) is 0 Å². The van der Waals surface area contributed by atoms with E-state index in [2.05, 4.69) is 33.0 Å². The number of hydrogen-bond acceptors (Lipinski definition) is 3. The summed E-state index contributed by atoms with van der Waals surface area (Å²) < 4.78 is 5.47. The molecule has 1 saturated carbocycles. The Morgan fingerprint density at radius 1 is 1.16 bits per heavy atom. The number of hydrogen-bond donors (Lipinski definition) is 2. The zero-order valence-electron chi connectivity index (χ0n) is 13.2. The van der Waals surface area contributed by atoms with Crippen LogP contribution in [-0.2, 0) is 4.74 Å². The van der Waals surface area contributed by atoms with Gasteiger partial charge >= 0.3 is 0 Å². The molecule has 3 atom stereocenters. The molecule has 0 amide bonds. The van der Waals surface area contributed by atoms with Crippen LogP contribution in [0.4, 0.5) is 0 Å². The Labute approximate surface area is 118 Å². The van der Waals surface area contributed by atoms with Crippen LogP contribution in [0, 0.1) is 17.3 Å². The highest BCUT2D eigenvalue weighted by atomic mass is 16.5. The van der Waals surface area contributed by atoms with E-state index in [0.717, 1.165) is 38.5 Å². The monoisotopic (exact) mass is 268 g/mol. The molecule has 1 heterocycles. The second kappa shape index (κ2) is 5.71. The van der Waals surface area contributed by atoms with Crippen LogP contribution in [0.2, 0.25) is 0 Å². The summed E-state index contributed by atoms with van der Waals surface area (Å²) in [5.74, 6) is 1.34. The third kappa shape index (κ3) is 3.32. The first-order chi connectivity index (χ1) is 8.85. The van der Waals surface area contributed by atoms with Gasteiger partial charge < -0.3 is 15.8 Å². The summed E-state index contributed by atoms with van der Waals surface area (Å²) in [7, 11) is 0. The van der Waals surface area contributed by atoms with E-state index in [0.29, 0.717) is 17.4 Å². The van der Waals surface area contributed by atoms with Gasteiger partial charge in [-0.3, -0.25) is 0 Å². The third-order valence-electron chi connectivity index (χ3n) is 6.09. The highest BCUT2D eigenvalue weighted by Crippen LogP contribution is 2.44. The third-order valence-corrected chi connectivity index (χ3v) is 6.09. The van der Waals surface area contributed by atoms with Gasteiger partial charge in [0.25, 0.3) is 0 Å². The SMILES string of the molecule is CC1C(N)CCC(CNC2(C)CCOCC2)C1(C)C. The summed E-state index contributed by atoms with van der Waals surface area (Å²) >= 11 is 0. The number of nitrogens with one attached hydrogen (secondary N) is 1. The van der Waals surface area contributed by atoms with Gasteiger partial charge in [0, 0.05) is 24.8 Å². The van der Waals surface area contributed by atoms with E-state index in [1.165, 1.54) is 12.8 Å². The van der Waals surface area contributed by atoms with E-state index in [1.807, 2.05) is 0 Å². The first kappa shape index (κ1) is 15.3. The Hall–Kier alpha value is -0.120. The quantitative estimate of drug-likeness (QED) is 0.827. The maximum atomic E-state index is 6.24. The average Bonchev–Trinajstić information content (AvgIpc) is 2.36. The second-order valence-corrected chi connectivity index (χ2v) is 7.60. The molecule has 3 heteroatoms. The highest BCUT2D eigenvalue weighted by molar-refractivity contribution is 4.96. The molecule has 112 valence electrons. The molecular formula is C16H32N2O. The summed E-state index contributed by atoms with van der Waals surface area (Å²) in [6, 6.07) is 0.380. The maximum absolute atomic E-state index is 6.24. The van der Waals surface area contributed by atoms with Crippen molar-refractivity contribution in [2.24, 2.45) is 23.0 Å². The molecule has 2 rings (SSSR count). The number of ether oxygens (including phenoxy) is 1. The van der Waals surface area contributed by atoms with Crippen molar-refractivity contribution in [3.05, 3.63) is 0 Å². The Morgan fingerprint density at radius 2 is 1.79 bits per heavy atom. The molecule has 19 heavy (non-hydrogen) atoms. The largest absolute Gasteiger partial charge is 0.381 e. The molecule has 0 aromatic heterocycles. The zero-order chi connectivity index (χ0) is 14.1. The van der Waals surface area contributed by atoms with Gasteiger partial charge in [0.05, 0.1) is 0 Å². The van der Waals surface area contributed by atoms with E-state index in [-0.39, 0.29) is 5.54 Å². The predicted molar refractivity (Wildman–Crippen MR) is 80.1 cm³/mol. The lowest BCUT2D eigenvalue weighted by atomic mass is 9.61. The molecule has 0 spiro atoms. The summed E-state index contributed by atoms with van der Waals surface area (Å²) in [5, 5.41) is 3.84. The first-order valence-electron chi connectivity index (χ1n) is 7.93. The van der Waals surface area contributed by atoms with Crippen molar-refractivity contribution < 1.29 is 4.74 Å². The standard InChI is InChI=1S/C16H32N2O/c1-12-14(17)6-5-13(15(12,2)3)11-18-16(4)7-9-19-10-8-16/h12-14,18H,5-11,17H2,1-4H3. The summed E-state index contributed by atoms with van der Waals surface area (Å²) in [6.07, 6.45) is 4.71. The van der Waals surface area contributed by atoms with Crippen molar-refractivity contribution >= 4 is 0 Å². The lowest BCUT2D eigenvalue weighted by Gasteiger charge is -2.48. The van der Waals surface area contributed by atoms with Gasteiger partial charge in [0.1, 0.15) is 0 Å². The van der Waals surface area contributed by atoms with Crippen molar-refractivity contribution in [2.45, 2.75) is 65.0 Å². The van der Waals surface area contributed by atoms with Gasteiger partial charge in [-0.1, -0.05) is 20.8 Å². The first-order valence-corrected chi connectivity index (χ1v) is 7.93. The smallest absolute Gasteiger partial charge is 0.0483 e. The van der Waals surface area contributed by atoms with E-state index in [4.69, 9.17) is 10.5 Å². The van der Waals surface area contributed by atoms with Crippen molar-refractivity contribution in [2.75, 3.05) is 19.8 Å². The molecule has 2 fully saturated rings. The fraction of sp³-hybridized carbons (Fsp3) is 1.00. The predicted octanol–water partition coefficient (Wildman–Crippen LogP) is 2.54. The van der Waals surface area contributed by atoms with Crippen LogP contribution in [0.3, 0.4) is 0 Å². The molecule has 0 aromatic carbocycles. The average molecular weight is 268 g/mol. The molecule has 0 radical (unpaired) electrons. The molecule has 0 aromatic rings. The van der Waals surface area contributed by atoms with Gasteiger partial charge in [0.15, 0.2) is 0 Å². The molecule has 1 aliphatic carbocycles. The van der Waals surface area contributed by atoms with E-state index < -0.39 is 0 Å². The van der Waals surface area contributed by atoms with Crippen molar-refractivity contribution in [3.63, 3.8) is 0 Å². The minimum absolute atomic E-state index is 0.275. The van der Waals surface area contributed by atoms with Gasteiger partial charge in [-0.2, -0.15) is 0 Å². The Balaban J connectivity index is 1.91. The number of nitrogens with two attached hydrogens (primary N) is 1. The summed E-state index contributed by atoms with van der Waals surface area (Å²) in [6.45, 7) is 12.4. The minimum Gasteiger partial charge on any atom is -0.381 e. The van der Waals surface area contributed by atoms with E-state index in [9.17, 15) is 0 Å². The lowest BCUT2D eigenvalue weighted by molar-refractivity contribution is 0.0230. The van der Waals surface area contributed by atoms with Crippen LogP contribution in [0.15, 0.2) is 0 Å². The number of rotatable bonds is 3. The second-order valence-electron chi connectivity index (χ2n) is 7.60. The van der Waals surface area contributed by atoms with Gasteiger partial charge in [-0.05, 0) is 56.4 Å². The van der Waals surface area contributed by atoms with Gasteiger partial charge in [-0.15, -0.1) is 0 Å². The van der Waals surface area contributed by atoms with Crippen LogP contribution >= 0.6 is 0 Å². The Kier molecular flexibility index (Phi) is 4.59. The van der Waals surface area contributed by atoms with Crippen LogP contribution in [0.25, 0.3) is 0 Å². The Bertz CT molecular complexity index is 297. The molecule has 0 bridgehead atoms. The molecule has 2 aliphatic rings. The van der Waals surface area contributed by atoms with Gasteiger partial charge in [0.2, 0.25) is 0 Å². The maximum Gasteiger partial charge on any atom is 0.0483 e. The molecule has 3 nitrogen and oxygen atoms in total. The van der Waals surface area contributed by atoms with E-state index >= 15 is 0 Å². The van der Waals surface area contributed by atoms with Crippen molar-refractivity contribution in [1.82, 2.24) is 5.32 Å². The molecule has 1 saturated heterocycles. The zero-order valence-corrected chi connectivity index (χ0v) is 13.2. The van der Waals surface area contributed by atoms with E-state index in [1.54, 1.807) is 0 Å². The fourth-order valence-electron chi connectivity index (χ4n) is 3.67. The normalized spacial score (nSPS) is 38.1. The van der Waals surface area contributed by atoms with Crippen molar-refractivity contribution in [3.8, 4) is 0 Å².